The van der Waals surface area contributed by atoms with Crippen LogP contribution in [0.5, 0.6) is 6.01 Å². The van der Waals surface area contributed by atoms with Crippen molar-refractivity contribution in [1.82, 2.24) is 14.9 Å². The Bertz CT molecular complexity index is 798. The highest BCUT2D eigenvalue weighted by atomic mass is 19.4. The highest BCUT2D eigenvalue weighted by Crippen LogP contribution is 2.28. The number of nitrogens with one attached hydrogen (secondary N) is 1. The predicted molar refractivity (Wildman–Crippen MR) is 87.7 cm³/mol. The van der Waals surface area contributed by atoms with Crippen LogP contribution in [0.4, 0.5) is 28.0 Å². The van der Waals surface area contributed by atoms with E-state index in [0.29, 0.717) is 25.1 Å². The quantitative estimate of drug-likeness (QED) is 0.820. The van der Waals surface area contributed by atoms with Crippen molar-refractivity contribution in [3.05, 3.63) is 48.0 Å². The first-order valence-electron chi connectivity index (χ1n) is 8.19. The minimum absolute atomic E-state index is 0.173. The summed E-state index contributed by atoms with van der Waals surface area (Å²) in [7, 11) is 0. The summed E-state index contributed by atoms with van der Waals surface area (Å²) < 4.78 is 56.5. The van der Waals surface area contributed by atoms with E-state index in [4.69, 9.17) is 4.74 Å². The second-order valence-electron chi connectivity index (χ2n) is 5.99. The summed E-state index contributed by atoms with van der Waals surface area (Å²) in [5.41, 5.74) is -0.653. The topological polar surface area (TPSA) is 67.4 Å². The summed E-state index contributed by atoms with van der Waals surface area (Å²) >= 11 is 0. The zero-order valence-corrected chi connectivity index (χ0v) is 14.0. The normalized spacial score (nSPS) is 17.5. The molecule has 0 radical (unpaired) electrons. The molecule has 6 nitrogen and oxygen atoms in total. The number of hydrogen-bond donors (Lipinski definition) is 1. The average Bonchev–Trinajstić information content (AvgIpc) is 2.63. The Morgan fingerprint density at radius 3 is 2.67 bits per heavy atom. The van der Waals surface area contributed by atoms with Crippen LogP contribution in [0.15, 0.2) is 36.5 Å². The maximum Gasteiger partial charge on any atom is 0.433 e. The highest BCUT2D eigenvalue weighted by Gasteiger charge is 2.33. The maximum absolute atomic E-state index is 12.9. The number of amides is 2. The van der Waals surface area contributed by atoms with E-state index in [1.807, 2.05) is 0 Å². The molecule has 0 saturated carbocycles. The number of piperidine rings is 1. The van der Waals surface area contributed by atoms with Crippen LogP contribution in [-0.4, -0.2) is 40.1 Å². The molecule has 1 saturated heterocycles. The van der Waals surface area contributed by atoms with E-state index in [-0.39, 0.29) is 12.6 Å². The van der Waals surface area contributed by atoms with Gasteiger partial charge in [-0.15, -0.1) is 0 Å². The number of halogens is 4. The van der Waals surface area contributed by atoms with Gasteiger partial charge in [0.15, 0.2) is 5.69 Å². The number of carbonyl (C=O) groups is 1. The van der Waals surface area contributed by atoms with Crippen LogP contribution in [0.2, 0.25) is 0 Å². The van der Waals surface area contributed by atoms with Gasteiger partial charge in [0, 0.05) is 18.4 Å². The number of hydrogen-bond acceptors (Lipinski definition) is 4. The zero-order valence-electron chi connectivity index (χ0n) is 14.0. The molecule has 144 valence electrons. The second kappa shape index (κ2) is 7.77. The number of benzene rings is 1. The predicted octanol–water partition coefficient (Wildman–Crippen LogP) is 3.71. The minimum Gasteiger partial charge on any atom is -0.458 e. The van der Waals surface area contributed by atoms with Gasteiger partial charge in [-0.2, -0.15) is 18.2 Å². The molecule has 1 aromatic heterocycles. The van der Waals surface area contributed by atoms with Crippen molar-refractivity contribution in [2.75, 3.05) is 18.4 Å². The van der Waals surface area contributed by atoms with Crippen molar-refractivity contribution in [3.8, 4) is 6.01 Å². The van der Waals surface area contributed by atoms with Crippen molar-refractivity contribution < 1.29 is 27.1 Å². The molecule has 2 amide bonds. The van der Waals surface area contributed by atoms with Crippen LogP contribution < -0.4 is 10.1 Å². The molecule has 0 bridgehead atoms. The molecule has 1 N–H and O–H groups in total. The molecule has 27 heavy (non-hydrogen) atoms. The van der Waals surface area contributed by atoms with E-state index in [9.17, 15) is 22.4 Å². The van der Waals surface area contributed by atoms with Crippen LogP contribution in [0.1, 0.15) is 18.5 Å². The zero-order chi connectivity index (χ0) is 19.4. The van der Waals surface area contributed by atoms with Gasteiger partial charge in [-0.1, -0.05) is 0 Å². The van der Waals surface area contributed by atoms with Crippen LogP contribution in [0, 0.1) is 5.82 Å². The van der Waals surface area contributed by atoms with Crippen LogP contribution in [0.25, 0.3) is 0 Å². The third-order valence-electron chi connectivity index (χ3n) is 3.96. The molecule has 2 aromatic rings. The van der Waals surface area contributed by atoms with Crippen LogP contribution >= 0.6 is 0 Å². The molecular weight excluding hydrogens is 368 g/mol. The van der Waals surface area contributed by atoms with Gasteiger partial charge < -0.3 is 15.0 Å². The van der Waals surface area contributed by atoms with Gasteiger partial charge >= 0.3 is 18.2 Å². The number of rotatable bonds is 3. The number of alkyl halides is 3. The standard InChI is InChI=1S/C17H16F4N4O2/c18-11-3-5-12(6-4-11)23-16(26)25-9-1-2-13(10-25)27-15-22-8-7-14(24-15)17(19,20)21/h3-8,13H,1-2,9-10H2,(H,23,26). The Morgan fingerprint density at radius 2 is 1.96 bits per heavy atom. The number of anilines is 1. The maximum atomic E-state index is 12.9. The molecular formula is C17H16F4N4O2. The van der Waals surface area contributed by atoms with Gasteiger partial charge in [-0.05, 0) is 43.2 Å². The van der Waals surface area contributed by atoms with Gasteiger partial charge in [-0.3, -0.25) is 0 Å². The van der Waals surface area contributed by atoms with Crippen LogP contribution in [0.3, 0.4) is 0 Å². The molecule has 0 spiro atoms. The van der Waals surface area contributed by atoms with Crippen molar-refractivity contribution in [1.29, 1.82) is 0 Å². The first-order chi connectivity index (χ1) is 12.8. The molecule has 1 fully saturated rings. The molecule has 1 unspecified atom stereocenters. The Labute approximate surface area is 152 Å². The van der Waals surface area contributed by atoms with Crippen molar-refractivity contribution >= 4 is 11.7 Å². The summed E-state index contributed by atoms with van der Waals surface area (Å²) in [4.78, 5) is 20.9. The average molecular weight is 384 g/mol. The summed E-state index contributed by atoms with van der Waals surface area (Å²) in [5.74, 6) is -0.416. The molecule has 10 heteroatoms. The smallest absolute Gasteiger partial charge is 0.433 e. The second-order valence-corrected chi connectivity index (χ2v) is 5.99. The molecule has 0 aliphatic carbocycles. The summed E-state index contributed by atoms with van der Waals surface area (Å²) in [6, 6.07) is 5.29. The molecule has 1 atom stereocenters. The molecule has 2 heterocycles. The Morgan fingerprint density at radius 1 is 1.22 bits per heavy atom. The lowest BCUT2D eigenvalue weighted by Crippen LogP contribution is -2.46. The molecule has 1 aliphatic rings. The number of likely N-dealkylation sites (tertiary alicyclic amines) is 1. The highest BCUT2D eigenvalue weighted by molar-refractivity contribution is 5.89. The van der Waals surface area contributed by atoms with Gasteiger partial charge in [0.05, 0.1) is 6.54 Å². The minimum atomic E-state index is -4.59. The lowest BCUT2D eigenvalue weighted by molar-refractivity contribution is -0.141. The van der Waals surface area contributed by atoms with E-state index in [2.05, 4.69) is 15.3 Å². The van der Waals surface area contributed by atoms with Gasteiger partial charge in [0.2, 0.25) is 0 Å². The van der Waals surface area contributed by atoms with Gasteiger partial charge in [0.1, 0.15) is 11.9 Å². The Balaban J connectivity index is 1.60. The third-order valence-corrected chi connectivity index (χ3v) is 3.96. The van der Waals surface area contributed by atoms with Crippen molar-refractivity contribution in [2.24, 2.45) is 0 Å². The fourth-order valence-corrected chi connectivity index (χ4v) is 2.66. The number of carbonyl (C=O) groups excluding carboxylic acids is 1. The number of ether oxygens (including phenoxy) is 1. The Hall–Kier alpha value is -2.91. The molecule has 1 aliphatic heterocycles. The fraction of sp³-hybridized carbons (Fsp3) is 0.353. The van der Waals surface area contributed by atoms with Gasteiger partial charge in [-0.25, -0.2) is 14.2 Å². The van der Waals surface area contributed by atoms with E-state index in [0.717, 1.165) is 12.3 Å². The van der Waals surface area contributed by atoms with Crippen LogP contribution in [-0.2, 0) is 6.18 Å². The van der Waals surface area contributed by atoms with Crippen molar-refractivity contribution in [2.45, 2.75) is 25.1 Å². The first-order valence-corrected chi connectivity index (χ1v) is 8.19. The van der Waals surface area contributed by atoms with E-state index in [1.54, 1.807) is 0 Å². The van der Waals surface area contributed by atoms with Gasteiger partial charge in [0.25, 0.3) is 0 Å². The lowest BCUT2D eigenvalue weighted by atomic mass is 10.1. The first kappa shape index (κ1) is 18.9. The summed E-state index contributed by atoms with van der Waals surface area (Å²) in [6.45, 7) is 0.642. The fourth-order valence-electron chi connectivity index (χ4n) is 2.66. The van der Waals surface area contributed by atoms with Crippen molar-refractivity contribution in [3.63, 3.8) is 0 Å². The van der Waals surface area contributed by atoms with E-state index >= 15 is 0 Å². The summed E-state index contributed by atoms with van der Waals surface area (Å²) in [5, 5.41) is 2.64. The van der Waals surface area contributed by atoms with E-state index in [1.165, 1.54) is 29.2 Å². The Kier molecular flexibility index (Phi) is 5.43. The largest absolute Gasteiger partial charge is 0.458 e. The molecule has 3 rings (SSSR count). The lowest BCUT2D eigenvalue weighted by Gasteiger charge is -2.32. The molecule has 1 aromatic carbocycles. The number of urea groups is 1. The SMILES string of the molecule is O=C(Nc1ccc(F)cc1)N1CCCC(Oc2nccc(C(F)(F)F)n2)C1. The number of nitrogens with zero attached hydrogens (tertiary/aromatic N) is 3. The monoisotopic (exact) mass is 384 g/mol. The third kappa shape index (κ3) is 5.05. The number of aromatic nitrogens is 2. The van der Waals surface area contributed by atoms with E-state index < -0.39 is 29.8 Å². The summed E-state index contributed by atoms with van der Waals surface area (Å²) in [6.07, 6.45) is -2.97.